The van der Waals surface area contributed by atoms with Gasteiger partial charge in [-0.1, -0.05) is 12.2 Å². The normalized spacial score (nSPS) is 22.2. The van der Waals surface area contributed by atoms with E-state index in [0.29, 0.717) is 10.7 Å². The summed E-state index contributed by atoms with van der Waals surface area (Å²) < 4.78 is 6.28. The van der Waals surface area contributed by atoms with E-state index < -0.39 is 0 Å². The molecule has 0 radical (unpaired) electrons. The fraction of sp³-hybridized carbons (Fsp3) is 0.385. The molecule has 0 aromatic heterocycles. The molecule has 1 amide bonds. The Morgan fingerprint density at radius 1 is 1.53 bits per heavy atom. The van der Waals surface area contributed by atoms with Crippen LogP contribution in [0.2, 0.25) is 0 Å². The SMILES string of the molecule is CC1CCC(C(=O)Nc2ccc(C(N)=S)cc2Br)O1. The molecule has 1 saturated heterocycles. The van der Waals surface area contributed by atoms with Crippen molar-refractivity contribution in [3.8, 4) is 0 Å². The van der Waals surface area contributed by atoms with Crippen LogP contribution in [0.3, 0.4) is 0 Å². The fourth-order valence-electron chi connectivity index (χ4n) is 1.98. The summed E-state index contributed by atoms with van der Waals surface area (Å²) in [5.74, 6) is -0.117. The van der Waals surface area contributed by atoms with Gasteiger partial charge >= 0.3 is 0 Å². The molecule has 19 heavy (non-hydrogen) atoms. The number of nitrogens with two attached hydrogens (primary N) is 1. The van der Waals surface area contributed by atoms with Gasteiger partial charge in [-0.2, -0.15) is 0 Å². The third-order valence-corrected chi connectivity index (χ3v) is 3.93. The summed E-state index contributed by atoms with van der Waals surface area (Å²) in [5, 5.41) is 2.84. The van der Waals surface area contributed by atoms with Gasteiger partial charge < -0.3 is 15.8 Å². The Balaban J connectivity index is 2.07. The van der Waals surface area contributed by atoms with E-state index in [0.717, 1.165) is 22.9 Å². The van der Waals surface area contributed by atoms with E-state index in [9.17, 15) is 4.79 Å². The van der Waals surface area contributed by atoms with Gasteiger partial charge in [0.15, 0.2) is 0 Å². The Morgan fingerprint density at radius 3 is 2.79 bits per heavy atom. The molecule has 1 aliphatic heterocycles. The van der Waals surface area contributed by atoms with E-state index in [-0.39, 0.29) is 18.1 Å². The smallest absolute Gasteiger partial charge is 0.253 e. The Kier molecular flexibility index (Phi) is 4.54. The third-order valence-electron chi connectivity index (χ3n) is 3.04. The number of benzene rings is 1. The van der Waals surface area contributed by atoms with Crippen molar-refractivity contribution in [3.63, 3.8) is 0 Å². The number of thiocarbonyl (C=S) groups is 1. The second-order valence-electron chi connectivity index (χ2n) is 4.56. The van der Waals surface area contributed by atoms with Gasteiger partial charge in [0, 0.05) is 10.0 Å². The van der Waals surface area contributed by atoms with E-state index >= 15 is 0 Å². The lowest BCUT2D eigenvalue weighted by atomic mass is 10.2. The topological polar surface area (TPSA) is 64.4 Å². The predicted molar refractivity (Wildman–Crippen MR) is 82.2 cm³/mol. The number of carbonyl (C=O) groups excluding carboxylic acids is 1. The maximum Gasteiger partial charge on any atom is 0.253 e. The van der Waals surface area contributed by atoms with Gasteiger partial charge in [0.2, 0.25) is 0 Å². The molecule has 1 aliphatic rings. The molecular formula is C13H15BrN2O2S. The number of rotatable bonds is 3. The van der Waals surface area contributed by atoms with E-state index in [2.05, 4.69) is 21.2 Å². The van der Waals surface area contributed by atoms with Crippen LogP contribution in [0.4, 0.5) is 5.69 Å². The third kappa shape index (κ3) is 3.52. The zero-order valence-electron chi connectivity index (χ0n) is 10.5. The number of hydrogen-bond acceptors (Lipinski definition) is 3. The lowest BCUT2D eigenvalue weighted by molar-refractivity contribution is -0.126. The number of hydrogen-bond donors (Lipinski definition) is 2. The van der Waals surface area contributed by atoms with Gasteiger partial charge in [-0.05, 0) is 53.9 Å². The first-order chi connectivity index (χ1) is 8.97. The summed E-state index contributed by atoms with van der Waals surface area (Å²) in [6, 6.07) is 5.34. The van der Waals surface area contributed by atoms with Crippen LogP contribution in [0, 0.1) is 0 Å². The minimum absolute atomic E-state index is 0.117. The molecule has 6 heteroatoms. The first-order valence-corrected chi connectivity index (χ1v) is 7.23. The van der Waals surface area contributed by atoms with Gasteiger partial charge in [-0.15, -0.1) is 0 Å². The average molecular weight is 343 g/mol. The van der Waals surface area contributed by atoms with Crippen molar-refractivity contribution in [2.75, 3.05) is 5.32 Å². The quantitative estimate of drug-likeness (QED) is 0.828. The van der Waals surface area contributed by atoms with Crippen molar-refractivity contribution in [3.05, 3.63) is 28.2 Å². The van der Waals surface area contributed by atoms with Crippen molar-refractivity contribution in [2.45, 2.75) is 32.0 Å². The summed E-state index contributed by atoms with van der Waals surface area (Å²) in [7, 11) is 0. The van der Waals surface area contributed by atoms with Crippen molar-refractivity contribution in [1.29, 1.82) is 0 Å². The summed E-state index contributed by atoms with van der Waals surface area (Å²) in [4.78, 5) is 12.3. The first kappa shape index (κ1) is 14.4. The largest absolute Gasteiger partial charge is 0.389 e. The number of nitrogens with one attached hydrogen (secondary N) is 1. The highest BCUT2D eigenvalue weighted by molar-refractivity contribution is 9.10. The van der Waals surface area contributed by atoms with Crippen LogP contribution >= 0.6 is 28.1 Å². The van der Waals surface area contributed by atoms with Crippen LogP contribution in [0.5, 0.6) is 0 Å². The Hall–Kier alpha value is -0.980. The van der Waals surface area contributed by atoms with Gasteiger partial charge in [0.25, 0.3) is 5.91 Å². The van der Waals surface area contributed by atoms with Crippen LogP contribution < -0.4 is 11.1 Å². The van der Waals surface area contributed by atoms with Crippen molar-refractivity contribution in [2.24, 2.45) is 5.73 Å². The average Bonchev–Trinajstić information content (AvgIpc) is 2.78. The highest BCUT2D eigenvalue weighted by atomic mass is 79.9. The molecule has 1 heterocycles. The molecule has 4 nitrogen and oxygen atoms in total. The van der Waals surface area contributed by atoms with Gasteiger partial charge in [-0.25, -0.2) is 0 Å². The summed E-state index contributed by atoms with van der Waals surface area (Å²) in [6.07, 6.45) is 1.46. The summed E-state index contributed by atoms with van der Waals surface area (Å²) in [6.45, 7) is 1.97. The minimum atomic E-state index is -0.364. The Bertz CT molecular complexity index is 521. The molecule has 102 valence electrons. The second kappa shape index (κ2) is 5.98. The first-order valence-electron chi connectivity index (χ1n) is 6.03. The fourth-order valence-corrected chi connectivity index (χ4v) is 2.58. The van der Waals surface area contributed by atoms with Crippen LogP contribution in [-0.4, -0.2) is 23.1 Å². The molecule has 1 aromatic rings. The lowest BCUT2D eigenvalue weighted by Gasteiger charge is -2.13. The number of ether oxygens (including phenoxy) is 1. The monoisotopic (exact) mass is 342 g/mol. The van der Waals surface area contributed by atoms with Crippen LogP contribution in [0.25, 0.3) is 0 Å². The molecule has 0 aliphatic carbocycles. The van der Waals surface area contributed by atoms with Gasteiger partial charge in [-0.3, -0.25) is 4.79 Å². The van der Waals surface area contributed by atoms with Gasteiger partial charge in [0.1, 0.15) is 11.1 Å². The van der Waals surface area contributed by atoms with E-state index in [4.69, 9.17) is 22.7 Å². The van der Waals surface area contributed by atoms with Crippen LogP contribution in [0.1, 0.15) is 25.3 Å². The highest BCUT2D eigenvalue weighted by Gasteiger charge is 2.28. The molecule has 1 aromatic carbocycles. The molecule has 0 bridgehead atoms. The lowest BCUT2D eigenvalue weighted by Crippen LogP contribution is -2.27. The van der Waals surface area contributed by atoms with Crippen molar-refractivity contribution in [1.82, 2.24) is 0 Å². The van der Waals surface area contributed by atoms with Crippen molar-refractivity contribution < 1.29 is 9.53 Å². The summed E-state index contributed by atoms with van der Waals surface area (Å²) >= 11 is 8.30. The second-order valence-corrected chi connectivity index (χ2v) is 5.85. The Labute approximate surface area is 125 Å². The van der Waals surface area contributed by atoms with E-state index in [1.54, 1.807) is 18.2 Å². The molecular weight excluding hydrogens is 328 g/mol. The molecule has 1 fully saturated rings. The Morgan fingerprint density at radius 2 is 2.26 bits per heavy atom. The molecule has 2 atom stereocenters. The number of halogens is 1. The minimum Gasteiger partial charge on any atom is -0.389 e. The van der Waals surface area contributed by atoms with E-state index in [1.807, 2.05) is 6.92 Å². The maximum atomic E-state index is 12.0. The van der Waals surface area contributed by atoms with Crippen LogP contribution in [0.15, 0.2) is 22.7 Å². The van der Waals surface area contributed by atoms with Crippen LogP contribution in [-0.2, 0) is 9.53 Å². The summed E-state index contributed by atoms with van der Waals surface area (Å²) in [5.41, 5.74) is 7.00. The zero-order valence-corrected chi connectivity index (χ0v) is 12.9. The highest BCUT2D eigenvalue weighted by Crippen LogP contribution is 2.26. The number of amides is 1. The number of carbonyl (C=O) groups is 1. The molecule has 2 rings (SSSR count). The van der Waals surface area contributed by atoms with Crippen molar-refractivity contribution >= 4 is 44.7 Å². The predicted octanol–water partition coefficient (Wildman–Crippen LogP) is 2.59. The molecule has 0 spiro atoms. The van der Waals surface area contributed by atoms with E-state index in [1.165, 1.54) is 0 Å². The maximum absolute atomic E-state index is 12.0. The van der Waals surface area contributed by atoms with Gasteiger partial charge in [0.05, 0.1) is 11.8 Å². The standard InChI is InChI=1S/C13H15BrN2O2S/c1-7-2-5-11(18-7)13(17)16-10-4-3-8(12(15)19)6-9(10)14/h3-4,6-7,11H,2,5H2,1H3,(H2,15,19)(H,16,17). The molecule has 3 N–H and O–H groups in total. The molecule has 0 saturated carbocycles. The zero-order chi connectivity index (χ0) is 14.0. The molecule has 2 unspecified atom stereocenters. The number of anilines is 1.